The molecule has 2 aliphatic carbocycles. The van der Waals surface area contributed by atoms with Gasteiger partial charge in [0.15, 0.2) is 0 Å². The Hall–Kier alpha value is -3.59. The lowest BCUT2D eigenvalue weighted by atomic mass is 9.56. The van der Waals surface area contributed by atoms with Crippen LogP contribution in [0.5, 0.6) is 5.75 Å². The molecule has 0 radical (unpaired) electrons. The van der Waals surface area contributed by atoms with E-state index in [1.807, 2.05) is 13.0 Å². The zero-order valence-corrected chi connectivity index (χ0v) is 25.3. The van der Waals surface area contributed by atoms with Crippen molar-refractivity contribution < 1.29 is 27.2 Å². The Bertz CT molecular complexity index is 1650. The van der Waals surface area contributed by atoms with Crippen LogP contribution in [0.25, 0.3) is 22.2 Å². The lowest BCUT2D eigenvalue weighted by molar-refractivity contribution is -0.137. The number of rotatable bonds is 9. The highest BCUT2D eigenvalue weighted by Crippen LogP contribution is 2.55. The molecule has 9 heteroatoms. The number of alkyl halides is 3. The fourth-order valence-electron chi connectivity index (χ4n) is 7.44. The highest BCUT2D eigenvalue weighted by molar-refractivity contribution is 5.88. The fourth-order valence-corrected chi connectivity index (χ4v) is 7.44. The first-order valence-electron chi connectivity index (χ1n) is 15.7. The van der Waals surface area contributed by atoms with Gasteiger partial charge in [-0.05, 0) is 87.5 Å². The molecular formula is C35H38F3N3O3. The predicted octanol–water partition coefficient (Wildman–Crippen LogP) is 8.36. The van der Waals surface area contributed by atoms with E-state index < -0.39 is 11.7 Å². The summed E-state index contributed by atoms with van der Waals surface area (Å²) in [6.07, 6.45) is 2.70. The summed E-state index contributed by atoms with van der Waals surface area (Å²) in [4.78, 5) is 7.15. The molecule has 0 amide bonds. The molecule has 7 rings (SSSR count). The van der Waals surface area contributed by atoms with Crippen LogP contribution in [-0.2, 0) is 17.3 Å². The zero-order valence-electron chi connectivity index (χ0n) is 25.3. The van der Waals surface area contributed by atoms with Gasteiger partial charge in [0.2, 0.25) is 0 Å². The van der Waals surface area contributed by atoms with Crippen LogP contribution in [0.4, 0.5) is 18.9 Å². The van der Waals surface area contributed by atoms with Gasteiger partial charge in [-0.1, -0.05) is 23.4 Å². The average molecular weight is 606 g/mol. The third-order valence-electron chi connectivity index (χ3n) is 9.81. The first kappa shape index (κ1) is 29.1. The largest absolute Gasteiger partial charge is 0.490 e. The quantitative estimate of drug-likeness (QED) is 0.179. The molecule has 1 saturated heterocycles. The molecule has 0 N–H and O–H groups in total. The number of aromatic nitrogens is 2. The van der Waals surface area contributed by atoms with Gasteiger partial charge in [-0.3, -0.25) is 4.98 Å². The van der Waals surface area contributed by atoms with Gasteiger partial charge in [0.1, 0.15) is 23.8 Å². The van der Waals surface area contributed by atoms with Crippen molar-refractivity contribution in [3.63, 3.8) is 0 Å². The summed E-state index contributed by atoms with van der Waals surface area (Å²) in [6.45, 7) is 4.94. The molecule has 232 valence electrons. The van der Waals surface area contributed by atoms with Crippen LogP contribution in [0.3, 0.4) is 0 Å². The minimum absolute atomic E-state index is 0.126. The van der Waals surface area contributed by atoms with E-state index >= 15 is 0 Å². The van der Waals surface area contributed by atoms with Gasteiger partial charge in [-0.2, -0.15) is 13.2 Å². The Morgan fingerprint density at radius 1 is 1.02 bits per heavy atom. The van der Waals surface area contributed by atoms with Gasteiger partial charge in [-0.25, -0.2) is 0 Å². The molecule has 6 nitrogen and oxygen atoms in total. The highest BCUT2D eigenvalue weighted by Gasteiger charge is 2.47. The molecule has 3 aliphatic rings. The van der Waals surface area contributed by atoms with Crippen LogP contribution in [0, 0.1) is 18.3 Å². The van der Waals surface area contributed by atoms with Gasteiger partial charge in [-0.15, -0.1) is 0 Å². The summed E-state index contributed by atoms with van der Waals surface area (Å²) < 4.78 is 58.6. The minimum Gasteiger partial charge on any atom is -0.490 e. The summed E-state index contributed by atoms with van der Waals surface area (Å²) in [5.74, 6) is 2.35. The number of pyridine rings is 1. The number of benzene rings is 2. The van der Waals surface area contributed by atoms with E-state index in [4.69, 9.17) is 19.0 Å². The molecular weight excluding hydrogens is 567 g/mol. The summed E-state index contributed by atoms with van der Waals surface area (Å²) >= 11 is 0. The smallest absolute Gasteiger partial charge is 0.417 e. The average Bonchev–Trinajstić information content (AvgIpc) is 3.75. The van der Waals surface area contributed by atoms with E-state index in [9.17, 15) is 13.2 Å². The van der Waals surface area contributed by atoms with Crippen molar-refractivity contribution in [1.29, 1.82) is 0 Å². The number of piperidine rings is 1. The molecule has 2 aromatic heterocycles. The van der Waals surface area contributed by atoms with Crippen molar-refractivity contribution in [3.8, 4) is 17.0 Å². The second kappa shape index (κ2) is 11.4. The number of ether oxygens (including phenoxy) is 2. The van der Waals surface area contributed by atoms with E-state index in [0.29, 0.717) is 30.2 Å². The Balaban J connectivity index is 1.03. The van der Waals surface area contributed by atoms with Gasteiger partial charge in [0, 0.05) is 60.1 Å². The maximum Gasteiger partial charge on any atom is 0.417 e. The van der Waals surface area contributed by atoms with Crippen LogP contribution in [0.2, 0.25) is 0 Å². The van der Waals surface area contributed by atoms with Crippen LogP contribution in [0.1, 0.15) is 67.0 Å². The van der Waals surface area contributed by atoms with E-state index in [1.54, 1.807) is 13.2 Å². The Morgan fingerprint density at radius 2 is 1.80 bits per heavy atom. The van der Waals surface area contributed by atoms with Gasteiger partial charge < -0.3 is 18.9 Å². The van der Waals surface area contributed by atoms with E-state index in [2.05, 4.69) is 28.3 Å². The second-order valence-electron chi connectivity index (χ2n) is 13.0. The standard InChI is InChI=1S/C35H38F3N3O3/c1-22-17-31(43-16-15-42-2)27-19-25(9-10-30(27)39-22)41-13-11-34(12-14-41)20-23(21-34)18-28-32(40-44-33(28)24-7-8-24)26-5-3-4-6-29(26)35(36,37)38/h3-6,9-10,17,19,23-24H,7-8,11-16,18,20-21H2,1-2H3. The number of hydrogen-bond donors (Lipinski definition) is 0. The lowest BCUT2D eigenvalue weighted by Gasteiger charge is -2.53. The Morgan fingerprint density at radius 3 is 2.52 bits per heavy atom. The predicted molar refractivity (Wildman–Crippen MR) is 163 cm³/mol. The second-order valence-corrected chi connectivity index (χ2v) is 13.0. The van der Waals surface area contributed by atoms with Crippen LogP contribution >= 0.6 is 0 Å². The molecule has 4 aromatic rings. The monoisotopic (exact) mass is 605 g/mol. The number of nitrogens with zero attached hydrogens (tertiary/aromatic N) is 3. The summed E-state index contributed by atoms with van der Waals surface area (Å²) in [6, 6.07) is 14.2. The highest BCUT2D eigenvalue weighted by atomic mass is 19.4. The molecule has 3 heterocycles. The minimum atomic E-state index is -4.44. The van der Waals surface area contributed by atoms with Crippen molar-refractivity contribution >= 4 is 16.6 Å². The number of methoxy groups -OCH3 is 1. The van der Waals surface area contributed by atoms with Crippen LogP contribution < -0.4 is 9.64 Å². The summed E-state index contributed by atoms with van der Waals surface area (Å²) in [5, 5.41) is 5.24. The maximum atomic E-state index is 13.9. The molecule has 44 heavy (non-hydrogen) atoms. The summed E-state index contributed by atoms with van der Waals surface area (Å²) in [7, 11) is 1.67. The van der Waals surface area contributed by atoms with Gasteiger partial charge >= 0.3 is 6.18 Å². The third-order valence-corrected chi connectivity index (χ3v) is 9.81. The van der Waals surface area contributed by atoms with Crippen LogP contribution in [0.15, 0.2) is 53.1 Å². The topological polar surface area (TPSA) is 60.6 Å². The lowest BCUT2D eigenvalue weighted by Crippen LogP contribution is -2.47. The SMILES string of the molecule is COCCOc1cc(C)nc2ccc(N3CCC4(CC3)CC(Cc3c(-c5ccccc5C(F)(F)F)noc3C3CC3)C4)cc12. The number of aryl methyl sites for hydroxylation is 1. The van der Waals surface area contributed by atoms with E-state index in [-0.39, 0.29) is 11.5 Å². The zero-order chi connectivity index (χ0) is 30.5. The van der Waals surface area contributed by atoms with Crippen molar-refractivity contribution in [3.05, 3.63) is 71.1 Å². The Kier molecular flexibility index (Phi) is 7.55. The molecule has 2 aromatic carbocycles. The molecule has 0 bridgehead atoms. The first-order chi connectivity index (χ1) is 21.2. The molecule has 0 atom stereocenters. The van der Waals surface area contributed by atoms with Gasteiger partial charge in [0.05, 0.1) is 17.7 Å². The molecule has 1 spiro atoms. The normalized spacial score (nSPS) is 18.6. The molecule has 1 aliphatic heterocycles. The van der Waals surface area contributed by atoms with E-state index in [0.717, 1.165) is 97.8 Å². The number of anilines is 1. The summed E-state index contributed by atoms with van der Waals surface area (Å²) in [5.41, 5.74) is 4.07. The molecule has 2 saturated carbocycles. The molecule has 0 unspecified atom stereocenters. The Labute approximate surface area is 255 Å². The van der Waals surface area contributed by atoms with Crippen LogP contribution in [-0.4, -0.2) is 43.6 Å². The number of halogens is 3. The van der Waals surface area contributed by atoms with Crippen molar-refractivity contribution in [2.45, 2.75) is 64.0 Å². The number of hydrogen-bond acceptors (Lipinski definition) is 6. The first-order valence-corrected chi connectivity index (χ1v) is 15.7. The van der Waals surface area contributed by atoms with Gasteiger partial charge in [0.25, 0.3) is 0 Å². The van der Waals surface area contributed by atoms with Crippen molar-refractivity contribution in [1.82, 2.24) is 10.1 Å². The number of fused-ring (bicyclic) bond motifs is 1. The molecule has 3 fully saturated rings. The maximum absolute atomic E-state index is 13.9. The van der Waals surface area contributed by atoms with Crippen molar-refractivity contribution in [2.24, 2.45) is 11.3 Å². The van der Waals surface area contributed by atoms with Crippen molar-refractivity contribution in [2.75, 3.05) is 38.3 Å². The third kappa shape index (κ3) is 5.67. The van der Waals surface area contributed by atoms with E-state index in [1.165, 1.54) is 17.8 Å². The fraction of sp³-hybridized carbons (Fsp3) is 0.486.